The van der Waals surface area contributed by atoms with E-state index in [1.807, 2.05) is 0 Å². The molecule has 0 unspecified atom stereocenters. The zero-order valence-electron chi connectivity index (χ0n) is 8.29. The number of hydrogen-bond acceptors (Lipinski definition) is 4. The summed E-state index contributed by atoms with van der Waals surface area (Å²) in [6.07, 6.45) is 4.89. The summed E-state index contributed by atoms with van der Waals surface area (Å²) < 4.78 is 0. The van der Waals surface area contributed by atoms with Gasteiger partial charge in [0, 0.05) is 12.4 Å². The zero-order valence-corrected chi connectivity index (χ0v) is 8.29. The Morgan fingerprint density at radius 3 is 2.73 bits per heavy atom. The van der Waals surface area contributed by atoms with Gasteiger partial charge >= 0.3 is 0 Å². The fraction of sp³-hybridized carbons (Fsp3) is 0.500. The Morgan fingerprint density at radius 2 is 1.93 bits per heavy atom. The number of rotatable bonds is 0. The molecule has 3 heterocycles. The highest BCUT2D eigenvalue weighted by atomic mass is 16.2. The van der Waals surface area contributed by atoms with Crippen molar-refractivity contribution in [2.45, 2.75) is 18.3 Å². The molecular weight excluding hydrogens is 192 g/mol. The molecule has 1 aromatic rings. The van der Waals surface area contributed by atoms with Gasteiger partial charge in [-0.15, -0.1) is 0 Å². The van der Waals surface area contributed by atoms with Crippen LogP contribution in [0.15, 0.2) is 12.4 Å². The Hall–Kier alpha value is -1.49. The lowest BCUT2D eigenvalue weighted by Crippen LogP contribution is -2.44. The molecule has 3 rings (SSSR count). The summed E-state index contributed by atoms with van der Waals surface area (Å²) in [6, 6.07) is 0. The highest BCUT2D eigenvalue weighted by Gasteiger charge is 2.49. The van der Waals surface area contributed by atoms with Gasteiger partial charge in [0.1, 0.15) is 0 Å². The Labute approximate surface area is 87.3 Å². The van der Waals surface area contributed by atoms with E-state index in [1.165, 1.54) is 0 Å². The van der Waals surface area contributed by atoms with Gasteiger partial charge in [-0.3, -0.25) is 9.78 Å². The molecule has 5 nitrogen and oxygen atoms in total. The quantitative estimate of drug-likeness (QED) is 0.626. The van der Waals surface area contributed by atoms with Gasteiger partial charge in [-0.05, 0) is 25.9 Å². The van der Waals surface area contributed by atoms with Crippen molar-refractivity contribution in [2.75, 3.05) is 18.4 Å². The van der Waals surface area contributed by atoms with Crippen LogP contribution >= 0.6 is 0 Å². The molecule has 1 spiro atoms. The van der Waals surface area contributed by atoms with Crippen LogP contribution in [0.2, 0.25) is 0 Å². The van der Waals surface area contributed by atoms with E-state index in [4.69, 9.17) is 0 Å². The molecule has 0 saturated carbocycles. The molecule has 0 aliphatic carbocycles. The van der Waals surface area contributed by atoms with Crippen LogP contribution in [0, 0.1) is 0 Å². The fourth-order valence-electron chi connectivity index (χ4n) is 2.43. The van der Waals surface area contributed by atoms with Crippen molar-refractivity contribution < 1.29 is 4.79 Å². The third-order valence-corrected chi connectivity index (χ3v) is 3.28. The monoisotopic (exact) mass is 204 g/mol. The molecule has 2 aliphatic rings. The second-order valence-electron chi connectivity index (χ2n) is 4.04. The number of fused-ring (bicyclic) bond motifs is 2. The van der Waals surface area contributed by atoms with Crippen LogP contribution in [-0.4, -0.2) is 29.0 Å². The molecule has 78 valence electrons. The van der Waals surface area contributed by atoms with Gasteiger partial charge in [0.15, 0.2) is 5.82 Å². The standard InChI is InChI=1S/C10H12N4O/c15-9-10(1-3-11-4-2-10)7-8(14-9)13-6-5-12-7/h5-6,11H,1-4H2,(H,13,14,15). The minimum Gasteiger partial charge on any atom is -0.317 e. The maximum Gasteiger partial charge on any atom is 0.238 e. The first kappa shape index (κ1) is 8.79. The molecule has 2 aliphatic heterocycles. The molecule has 1 saturated heterocycles. The van der Waals surface area contributed by atoms with Crippen LogP contribution in [-0.2, 0) is 10.2 Å². The fourth-order valence-corrected chi connectivity index (χ4v) is 2.43. The molecular formula is C10H12N4O. The average molecular weight is 204 g/mol. The molecule has 0 radical (unpaired) electrons. The van der Waals surface area contributed by atoms with Crippen molar-refractivity contribution in [3.05, 3.63) is 18.1 Å². The van der Waals surface area contributed by atoms with E-state index >= 15 is 0 Å². The summed E-state index contributed by atoms with van der Waals surface area (Å²) in [6.45, 7) is 1.73. The van der Waals surface area contributed by atoms with Gasteiger partial charge in [-0.25, -0.2) is 4.98 Å². The van der Waals surface area contributed by atoms with E-state index in [1.54, 1.807) is 12.4 Å². The van der Waals surface area contributed by atoms with E-state index in [9.17, 15) is 4.79 Å². The molecule has 15 heavy (non-hydrogen) atoms. The normalized spacial score (nSPS) is 22.5. The number of aromatic nitrogens is 2. The third-order valence-electron chi connectivity index (χ3n) is 3.28. The Bertz CT molecular complexity index is 412. The first-order chi connectivity index (χ1) is 7.33. The predicted molar refractivity (Wildman–Crippen MR) is 54.4 cm³/mol. The van der Waals surface area contributed by atoms with Crippen LogP contribution in [0.3, 0.4) is 0 Å². The van der Waals surface area contributed by atoms with Crippen LogP contribution in [0.1, 0.15) is 18.5 Å². The van der Waals surface area contributed by atoms with E-state index in [0.29, 0.717) is 5.82 Å². The van der Waals surface area contributed by atoms with E-state index in [2.05, 4.69) is 20.6 Å². The molecule has 1 aromatic heterocycles. The topological polar surface area (TPSA) is 66.9 Å². The van der Waals surface area contributed by atoms with E-state index < -0.39 is 5.41 Å². The van der Waals surface area contributed by atoms with Gasteiger partial charge in [0.05, 0.1) is 11.1 Å². The molecule has 0 atom stereocenters. The second-order valence-corrected chi connectivity index (χ2v) is 4.04. The average Bonchev–Trinajstić information content (AvgIpc) is 2.55. The van der Waals surface area contributed by atoms with Crippen LogP contribution < -0.4 is 10.6 Å². The summed E-state index contributed by atoms with van der Waals surface area (Å²) in [5.74, 6) is 0.703. The summed E-state index contributed by atoms with van der Waals surface area (Å²) in [4.78, 5) is 20.4. The van der Waals surface area contributed by atoms with Crippen LogP contribution in [0.25, 0.3) is 0 Å². The first-order valence-electron chi connectivity index (χ1n) is 5.17. The predicted octanol–water partition coefficient (Wildman–Crippen LogP) is 0.0499. The zero-order chi connectivity index (χ0) is 10.3. The van der Waals surface area contributed by atoms with Gasteiger partial charge in [-0.1, -0.05) is 0 Å². The van der Waals surface area contributed by atoms with E-state index in [-0.39, 0.29) is 5.91 Å². The van der Waals surface area contributed by atoms with Crippen molar-refractivity contribution in [1.29, 1.82) is 0 Å². The minimum absolute atomic E-state index is 0.0604. The van der Waals surface area contributed by atoms with Crippen molar-refractivity contribution in [3.8, 4) is 0 Å². The lowest BCUT2D eigenvalue weighted by molar-refractivity contribution is -0.121. The highest BCUT2D eigenvalue weighted by Crippen LogP contribution is 2.40. The summed E-state index contributed by atoms with van der Waals surface area (Å²) in [5, 5.41) is 6.08. The molecule has 0 aromatic carbocycles. The molecule has 2 N–H and O–H groups in total. The van der Waals surface area contributed by atoms with Crippen LogP contribution in [0.4, 0.5) is 5.82 Å². The van der Waals surface area contributed by atoms with Crippen molar-refractivity contribution in [3.63, 3.8) is 0 Å². The third kappa shape index (κ3) is 1.10. The summed E-state index contributed by atoms with van der Waals surface area (Å²) >= 11 is 0. The second kappa shape index (κ2) is 3.00. The number of carbonyl (C=O) groups is 1. The number of piperidine rings is 1. The smallest absolute Gasteiger partial charge is 0.238 e. The number of nitrogens with zero attached hydrogens (tertiary/aromatic N) is 2. The largest absolute Gasteiger partial charge is 0.317 e. The molecule has 1 amide bonds. The minimum atomic E-state index is -0.422. The Morgan fingerprint density at radius 1 is 1.20 bits per heavy atom. The number of hydrogen-bond donors (Lipinski definition) is 2. The summed E-state index contributed by atoms with van der Waals surface area (Å²) in [7, 11) is 0. The molecule has 1 fully saturated rings. The maximum absolute atomic E-state index is 12.0. The first-order valence-corrected chi connectivity index (χ1v) is 5.17. The molecule has 5 heteroatoms. The maximum atomic E-state index is 12.0. The lowest BCUT2D eigenvalue weighted by Gasteiger charge is -2.30. The SMILES string of the molecule is O=C1Nc2nccnc2C12CCNCC2. The Kier molecular flexibility index (Phi) is 1.76. The van der Waals surface area contributed by atoms with Gasteiger partial charge in [0.25, 0.3) is 0 Å². The van der Waals surface area contributed by atoms with Gasteiger partial charge in [-0.2, -0.15) is 0 Å². The van der Waals surface area contributed by atoms with Crippen LogP contribution in [0.5, 0.6) is 0 Å². The number of amides is 1. The van der Waals surface area contributed by atoms with Crippen molar-refractivity contribution >= 4 is 11.7 Å². The highest BCUT2D eigenvalue weighted by molar-refractivity contribution is 6.04. The number of anilines is 1. The number of nitrogens with one attached hydrogen (secondary N) is 2. The van der Waals surface area contributed by atoms with Crippen molar-refractivity contribution in [1.82, 2.24) is 15.3 Å². The van der Waals surface area contributed by atoms with Gasteiger partial charge in [0.2, 0.25) is 5.91 Å². The number of carbonyl (C=O) groups excluding carboxylic acids is 1. The lowest BCUT2D eigenvalue weighted by atomic mass is 9.77. The van der Waals surface area contributed by atoms with Gasteiger partial charge < -0.3 is 10.6 Å². The summed E-state index contributed by atoms with van der Waals surface area (Å²) in [5.41, 5.74) is 0.408. The Balaban J connectivity index is 2.11. The van der Waals surface area contributed by atoms with E-state index in [0.717, 1.165) is 31.6 Å². The van der Waals surface area contributed by atoms with Crippen molar-refractivity contribution in [2.24, 2.45) is 0 Å². The molecule has 0 bridgehead atoms.